The van der Waals surface area contributed by atoms with Crippen LogP contribution in [0.3, 0.4) is 0 Å². The maximum absolute atomic E-state index is 4.02. The molecule has 78 valence electrons. The molecule has 0 aliphatic heterocycles. The highest BCUT2D eigenvalue weighted by molar-refractivity contribution is 9.10. The van der Waals surface area contributed by atoms with Gasteiger partial charge in [0.1, 0.15) is 0 Å². The number of nitrogens with one attached hydrogen (secondary N) is 1. The molecule has 1 N–H and O–H groups in total. The van der Waals surface area contributed by atoms with Crippen molar-refractivity contribution >= 4 is 33.4 Å². The summed E-state index contributed by atoms with van der Waals surface area (Å²) >= 11 is 5.31. The van der Waals surface area contributed by atoms with Gasteiger partial charge in [0.2, 0.25) is 0 Å². The summed E-state index contributed by atoms with van der Waals surface area (Å²) in [6, 6.07) is 1.97. The molecule has 1 aromatic rings. The van der Waals surface area contributed by atoms with Crippen molar-refractivity contribution in [2.75, 3.05) is 18.1 Å². The lowest BCUT2D eigenvalue weighted by Crippen LogP contribution is -2.25. The minimum absolute atomic E-state index is 0.253. The average Bonchev–Trinajstić information content (AvgIpc) is 2.17. The number of pyridine rings is 1. The Morgan fingerprint density at radius 3 is 2.86 bits per heavy atom. The number of aromatic nitrogens is 1. The van der Waals surface area contributed by atoms with E-state index in [0.29, 0.717) is 0 Å². The van der Waals surface area contributed by atoms with E-state index in [9.17, 15) is 0 Å². The average molecular weight is 275 g/mol. The van der Waals surface area contributed by atoms with Gasteiger partial charge in [-0.1, -0.05) is 0 Å². The Morgan fingerprint density at radius 2 is 2.29 bits per heavy atom. The third-order valence-corrected chi connectivity index (χ3v) is 3.91. The van der Waals surface area contributed by atoms with Crippen LogP contribution in [0.2, 0.25) is 0 Å². The van der Waals surface area contributed by atoms with Gasteiger partial charge in [-0.25, -0.2) is 0 Å². The van der Waals surface area contributed by atoms with Gasteiger partial charge in [-0.15, -0.1) is 0 Å². The number of anilines is 1. The fourth-order valence-electron chi connectivity index (χ4n) is 0.899. The van der Waals surface area contributed by atoms with Crippen LogP contribution in [-0.4, -0.2) is 22.5 Å². The summed E-state index contributed by atoms with van der Waals surface area (Å²) in [5, 5.41) is 3.40. The highest BCUT2D eigenvalue weighted by Gasteiger charge is 2.15. The lowest BCUT2D eigenvalue weighted by molar-refractivity contribution is 0.752. The molecule has 0 saturated carbocycles. The van der Waals surface area contributed by atoms with Crippen LogP contribution in [0.4, 0.5) is 5.69 Å². The minimum Gasteiger partial charge on any atom is -0.383 e. The molecule has 0 aliphatic rings. The number of rotatable bonds is 4. The second kappa shape index (κ2) is 5.03. The Labute approximate surface area is 98.0 Å². The van der Waals surface area contributed by atoms with E-state index in [1.807, 2.05) is 17.8 Å². The lowest BCUT2D eigenvalue weighted by Gasteiger charge is -2.23. The van der Waals surface area contributed by atoms with E-state index in [1.165, 1.54) is 0 Å². The van der Waals surface area contributed by atoms with Gasteiger partial charge in [-0.2, -0.15) is 11.8 Å². The van der Waals surface area contributed by atoms with Gasteiger partial charge in [0, 0.05) is 23.7 Å². The topological polar surface area (TPSA) is 24.9 Å². The van der Waals surface area contributed by atoms with Gasteiger partial charge in [0.25, 0.3) is 0 Å². The van der Waals surface area contributed by atoms with Crippen LogP contribution in [0.15, 0.2) is 22.9 Å². The molecule has 0 aliphatic carbocycles. The second-order valence-corrected chi connectivity index (χ2v) is 6.04. The molecular weight excluding hydrogens is 260 g/mol. The van der Waals surface area contributed by atoms with Crippen molar-refractivity contribution in [3.8, 4) is 0 Å². The predicted molar refractivity (Wildman–Crippen MR) is 68.0 cm³/mol. The zero-order valence-corrected chi connectivity index (χ0v) is 11.1. The zero-order valence-electron chi connectivity index (χ0n) is 8.67. The normalized spacial score (nSPS) is 11.4. The Morgan fingerprint density at radius 1 is 1.57 bits per heavy atom. The fraction of sp³-hybridized carbons (Fsp3) is 0.500. The summed E-state index contributed by atoms with van der Waals surface area (Å²) < 4.78 is 1.26. The molecule has 0 radical (unpaired) electrons. The van der Waals surface area contributed by atoms with Crippen LogP contribution in [0.1, 0.15) is 13.8 Å². The van der Waals surface area contributed by atoms with E-state index in [2.05, 4.69) is 46.3 Å². The third-order valence-electron chi connectivity index (χ3n) is 2.03. The number of hydrogen-bond acceptors (Lipinski definition) is 3. The van der Waals surface area contributed by atoms with E-state index in [0.717, 1.165) is 16.7 Å². The lowest BCUT2D eigenvalue weighted by atomic mass is 10.2. The van der Waals surface area contributed by atoms with Crippen molar-refractivity contribution in [2.45, 2.75) is 18.6 Å². The minimum atomic E-state index is 0.253. The van der Waals surface area contributed by atoms with Gasteiger partial charge in [-0.05, 0) is 42.1 Å². The van der Waals surface area contributed by atoms with Crippen molar-refractivity contribution in [1.82, 2.24) is 4.98 Å². The van der Waals surface area contributed by atoms with Crippen LogP contribution in [0.25, 0.3) is 0 Å². The van der Waals surface area contributed by atoms with Crippen molar-refractivity contribution in [1.29, 1.82) is 0 Å². The summed E-state index contributed by atoms with van der Waals surface area (Å²) in [5.41, 5.74) is 1.10. The zero-order chi connectivity index (χ0) is 10.6. The van der Waals surface area contributed by atoms with Crippen LogP contribution in [-0.2, 0) is 0 Å². The Kier molecular flexibility index (Phi) is 4.26. The van der Waals surface area contributed by atoms with Crippen LogP contribution in [0.5, 0.6) is 0 Å². The quantitative estimate of drug-likeness (QED) is 0.911. The van der Waals surface area contributed by atoms with Gasteiger partial charge >= 0.3 is 0 Å². The molecule has 0 aromatic carbocycles. The molecular formula is C10H15BrN2S. The monoisotopic (exact) mass is 274 g/mol. The molecule has 14 heavy (non-hydrogen) atoms. The number of hydrogen-bond donors (Lipinski definition) is 1. The van der Waals surface area contributed by atoms with Crippen molar-refractivity contribution in [3.63, 3.8) is 0 Å². The first-order valence-corrected chi connectivity index (χ1v) is 6.45. The predicted octanol–water partition coefficient (Wildman–Crippen LogP) is 3.40. The first-order valence-electron chi connectivity index (χ1n) is 4.44. The van der Waals surface area contributed by atoms with E-state index >= 15 is 0 Å². The Balaban J connectivity index is 2.58. The third kappa shape index (κ3) is 3.50. The highest BCUT2D eigenvalue weighted by Crippen LogP contribution is 2.24. The molecule has 0 unspecified atom stereocenters. The maximum Gasteiger partial charge on any atom is 0.0590 e. The molecule has 0 amide bonds. The molecule has 0 fully saturated rings. The summed E-state index contributed by atoms with van der Waals surface area (Å²) in [6.45, 7) is 5.39. The summed E-state index contributed by atoms with van der Waals surface area (Å²) in [5.74, 6) is 0. The molecule has 2 nitrogen and oxygen atoms in total. The second-order valence-electron chi connectivity index (χ2n) is 3.67. The summed E-state index contributed by atoms with van der Waals surface area (Å²) in [7, 11) is 0. The van der Waals surface area contributed by atoms with Crippen LogP contribution >= 0.6 is 27.7 Å². The molecule has 0 saturated heterocycles. The SMILES string of the molecule is CSC(C)(C)CNc1ccncc1Br. The standard InChI is InChI=1S/C10H15BrN2S/c1-10(2,14-3)7-13-9-4-5-12-6-8(9)11/h4-6H,7H2,1-3H3,(H,12,13). The van der Waals surface area contributed by atoms with Gasteiger partial charge in [0.15, 0.2) is 0 Å². The maximum atomic E-state index is 4.02. The first kappa shape index (κ1) is 11.9. The van der Waals surface area contributed by atoms with E-state index in [1.54, 1.807) is 12.4 Å². The number of nitrogens with zero attached hydrogens (tertiary/aromatic N) is 1. The van der Waals surface area contributed by atoms with E-state index in [-0.39, 0.29) is 4.75 Å². The van der Waals surface area contributed by atoms with Gasteiger partial charge in [-0.3, -0.25) is 4.98 Å². The number of halogens is 1. The van der Waals surface area contributed by atoms with Crippen molar-refractivity contribution < 1.29 is 0 Å². The van der Waals surface area contributed by atoms with Gasteiger partial charge < -0.3 is 5.32 Å². The number of thioether (sulfide) groups is 1. The molecule has 4 heteroatoms. The molecule has 0 spiro atoms. The fourth-order valence-corrected chi connectivity index (χ4v) is 1.51. The van der Waals surface area contributed by atoms with Crippen LogP contribution < -0.4 is 5.32 Å². The van der Waals surface area contributed by atoms with Crippen LogP contribution in [0, 0.1) is 0 Å². The van der Waals surface area contributed by atoms with Crippen molar-refractivity contribution in [2.24, 2.45) is 0 Å². The largest absolute Gasteiger partial charge is 0.383 e. The molecule has 1 rings (SSSR count). The Hall–Kier alpha value is -0.220. The molecule has 0 atom stereocenters. The van der Waals surface area contributed by atoms with E-state index < -0.39 is 0 Å². The van der Waals surface area contributed by atoms with Gasteiger partial charge in [0.05, 0.1) is 10.2 Å². The summed E-state index contributed by atoms with van der Waals surface area (Å²) in [6.07, 6.45) is 5.72. The Bertz CT molecular complexity index is 302. The highest BCUT2D eigenvalue weighted by atomic mass is 79.9. The van der Waals surface area contributed by atoms with E-state index in [4.69, 9.17) is 0 Å². The smallest absolute Gasteiger partial charge is 0.0590 e. The molecule has 1 aromatic heterocycles. The first-order chi connectivity index (χ1) is 6.55. The summed E-state index contributed by atoms with van der Waals surface area (Å²) in [4.78, 5) is 4.02. The molecule has 1 heterocycles. The van der Waals surface area contributed by atoms with Crippen molar-refractivity contribution in [3.05, 3.63) is 22.9 Å². The molecule has 0 bridgehead atoms.